The van der Waals surface area contributed by atoms with E-state index in [2.05, 4.69) is 20.8 Å². The van der Waals surface area contributed by atoms with Crippen LogP contribution in [-0.4, -0.2) is 17.0 Å². The van der Waals surface area contributed by atoms with Crippen LogP contribution in [0.4, 0.5) is 0 Å². The number of fused-ring (bicyclic) bond motifs is 5. The zero-order chi connectivity index (χ0) is 16.4. The lowest BCUT2D eigenvalue weighted by atomic mass is 9.44. The van der Waals surface area contributed by atoms with Crippen LogP contribution in [0.1, 0.15) is 78.6 Å². The van der Waals surface area contributed by atoms with E-state index in [1.54, 1.807) is 0 Å². The summed E-state index contributed by atoms with van der Waals surface area (Å²) in [5.74, 6) is 3.49. The van der Waals surface area contributed by atoms with Crippen molar-refractivity contribution < 1.29 is 9.90 Å². The maximum absolute atomic E-state index is 12.2. The average Bonchev–Trinajstić information content (AvgIpc) is 2.83. The second kappa shape index (κ2) is 5.31. The summed E-state index contributed by atoms with van der Waals surface area (Å²) < 4.78 is 0. The summed E-state index contributed by atoms with van der Waals surface area (Å²) in [5, 5.41) is 11.2. The fourth-order valence-corrected chi connectivity index (χ4v) is 7.74. The van der Waals surface area contributed by atoms with Gasteiger partial charge in [0.1, 0.15) is 5.78 Å². The topological polar surface area (TPSA) is 37.3 Å². The zero-order valence-corrected chi connectivity index (χ0v) is 15.2. The van der Waals surface area contributed by atoms with Crippen LogP contribution >= 0.6 is 0 Å². The van der Waals surface area contributed by atoms with E-state index in [0.29, 0.717) is 34.9 Å². The summed E-state index contributed by atoms with van der Waals surface area (Å²) in [4.78, 5) is 12.2. The van der Waals surface area contributed by atoms with Gasteiger partial charge in [0.05, 0.1) is 6.10 Å². The molecule has 0 aromatic rings. The maximum atomic E-state index is 12.2. The van der Waals surface area contributed by atoms with Crippen molar-refractivity contribution in [1.29, 1.82) is 0 Å². The molecule has 23 heavy (non-hydrogen) atoms. The summed E-state index contributed by atoms with van der Waals surface area (Å²) in [6.45, 7) is 7.25. The van der Waals surface area contributed by atoms with Gasteiger partial charge in [-0.1, -0.05) is 27.2 Å². The largest absolute Gasteiger partial charge is 0.393 e. The third kappa shape index (κ3) is 2.19. The van der Waals surface area contributed by atoms with Crippen molar-refractivity contribution in [3.05, 3.63) is 0 Å². The molecule has 2 heteroatoms. The number of aliphatic hydroxyl groups is 1. The molecule has 0 aromatic carbocycles. The molecule has 4 aliphatic rings. The van der Waals surface area contributed by atoms with Gasteiger partial charge in [0, 0.05) is 12.8 Å². The Morgan fingerprint density at radius 3 is 2.70 bits per heavy atom. The Morgan fingerprint density at radius 1 is 1.13 bits per heavy atom. The number of aliphatic hydroxyl groups excluding tert-OH is 1. The van der Waals surface area contributed by atoms with Gasteiger partial charge < -0.3 is 5.11 Å². The van der Waals surface area contributed by atoms with Crippen molar-refractivity contribution in [2.24, 2.45) is 40.4 Å². The minimum absolute atomic E-state index is 0.150. The number of hydrogen-bond acceptors (Lipinski definition) is 2. The first-order chi connectivity index (χ1) is 10.9. The van der Waals surface area contributed by atoms with Crippen LogP contribution in [0.25, 0.3) is 0 Å². The van der Waals surface area contributed by atoms with E-state index in [0.717, 1.165) is 31.6 Å². The number of hydrogen-bond donors (Lipinski definition) is 1. The predicted molar refractivity (Wildman–Crippen MR) is 91.9 cm³/mol. The van der Waals surface area contributed by atoms with E-state index >= 15 is 0 Å². The summed E-state index contributed by atoms with van der Waals surface area (Å²) in [6, 6.07) is 0. The van der Waals surface area contributed by atoms with Crippen molar-refractivity contribution >= 4 is 5.78 Å². The van der Waals surface area contributed by atoms with Crippen LogP contribution in [0.3, 0.4) is 0 Å². The third-order valence-corrected chi connectivity index (χ3v) is 9.06. The summed E-state index contributed by atoms with van der Waals surface area (Å²) in [5.41, 5.74) is 0.548. The van der Waals surface area contributed by atoms with Gasteiger partial charge in [-0.2, -0.15) is 0 Å². The second-order valence-electron chi connectivity index (χ2n) is 9.94. The molecule has 4 fully saturated rings. The highest BCUT2D eigenvalue weighted by Gasteiger charge is 2.61. The molecule has 0 aromatic heterocycles. The highest BCUT2D eigenvalue weighted by atomic mass is 16.3. The highest BCUT2D eigenvalue weighted by Crippen LogP contribution is 2.66. The molecule has 4 rings (SSSR count). The van der Waals surface area contributed by atoms with Crippen LogP contribution < -0.4 is 0 Å². The van der Waals surface area contributed by atoms with Gasteiger partial charge in [0.15, 0.2) is 0 Å². The highest BCUT2D eigenvalue weighted by molar-refractivity contribution is 5.79. The van der Waals surface area contributed by atoms with Crippen molar-refractivity contribution in [2.45, 2.75) is 84.7 Å². The average molecular weight is 319 g/mol. The van der Waals surface area contributed by atoms with Crippen LogP contribution in [0.2, 0.25) is 0 Å². The van der Waals surface area contributed by atoms with Gasteiger partial charge in [0.25, 0.3) is 0 Å². The lowest BCUT2D eigenvalue weighted by Gasteiger charge is -2.61. The standard InChI is InChI=1S/C21H34O2/c1-13-6-8-15(22)11-14-7-9-16-17-5-4-10-20(17,2)12-18(23)19(16)21(13,14)3/h13-14,16-19,23H,4-12H2,1-3H3/t13-,14?,16?,17?,18?,19?,20?,21+/m0/s1. The fraction of sp³-hybridized carbons (Fsp3) is 0.952. The summed E-state index contributed by atoms with van der Waals surface area (Å²) >= 11 is 0. The molecule has 0 radical (unpaired) electrons. The molecular weight excluding hydrogens is 284 g/mol. The zero-order valence-electron chi connectivity index (χ0n) is 15.2. The SMILES string of the molecule is C[C@H]1CCC(=O)CC2CCC3C4CCCC4(C)CC(O)C3[C@@]21C. The fourth-order valence-electron chi connectivity index (χ4n) is 7.74. The molecule has 1 N–H and O–H groups in total. The van der Waals surface area contributed by atoms with E-state index in [-0.39, 0.29) is 11.5 Å². The number of ketones is 1. The van der Waals surface area contributed by atoms with Gasteiger partial charge in [-0.25, -0.2) is 0 Å². The Kier molecular flexibility index (Phi) is 3.72. The third-order valence-electron chi connectivity index (χ3n) is 9.06. The number of carbonyl (C=O) groups excluding carboxylic acids is 1. The van der Waals surface area contributed by atoms with Crippen molar-refractivity contribution in [3.8, 4) is 0 Å². The molecule has 130 valence electrons. The Hall–Kier alpha value is -0.370. The minimum Gasteiger partial charge on any atom is -0.393 e. The Labute approximate surface area is 141 Å². The molecule has 0 amide bonds. The molecule has 6 unspecified atom stereocenters. The van der Waals surface area contributed by atoms with Crippen molar-refractivity contribution in [2.75, 3.05) is 0 Å². The Bertz CT molecular complexity index is 500. The molecular formula is C21H34O2. The van der Waals surface area contributed by atoms with E-state index in [9.17, 15) is 9.90 Å². The lowest BCUT2D eigenvalue weighted by molar-refractivity contribution is -0.169. The van der Waals surface area contributed by atoms with Crippen LogP contribution in [0.15, 0.2) is 0 Å². The normalized spacial score (nSPS) is 56.4. The molecule has 0 heterocycles. The molecule has 0 aliphatic heterocycles. The van der Waals surface area contributed by atoms with Gasteiger partial charge >= 0.3 is 0 Å². The first-order valence-electron chi connectivity index (χ1n) is 10.1. The smallest absolute Gasteiger partial charge is 0.133 e. The van der Waals surface area contributed by atoms with Gasteiger partial charge in [-0.15, -0.1) is 0 Å². The molecule has 8 atom stereocenters. The van der Waals surface area contributed by atoms with Gasteiger partial charge in [0.2, 0.25) is 0 Å². The molecule has 0 bridgehead atoms. The van der Waals surface area contributed by atoms with Crippen molar-refractivity contribution in [1.82, 2.24) is 0 Å². The molecule has 4 aliphatic carbocycles. The molecule has 0 saturated heterocycles. The van der Waals surface area contributed by atoms with E-state index in [1.807, 2.05) is 0 Å². The van der Waals surface area contributed by atoms with Crippen LogP contribution in [0, 0.1) is 40.4 Å². The van der Waals surface area contributed by atoms with Gasteiger partial charge in [-0.3, -0.25) is 4.79 Å². The summed E-state index contributed by atoms with van der Waals surface area (Å²) in [7, 11) is 0. The molecule has 0 spiro atoms. The quantitative estimate of drug-likeness (QED) is 0.709. The molecule has 2 nitrogen and oxygen atoms in total. The Morgan fingerprint density at radius 2 is 1.91 bits per heavy atom. The van der Waals surface area contributed by atoms with Crippen molar-refractivity contribution in [3.63, 3.8) is 0 Å². The number of rotatable bonds is 0. The predicted octanol–water partition coefficient (Wildman–Crippen LogP) is 4.60. The second-order valence-corrected chi connectivity index (χ2v) is 9.94. The first-order valence-corrected chi connectivity index (χ1v) is 10.1. The molecule has 4 saturated carbocycles. The Balaban J connectivity index is 1.73. The minimum atomic E-state index is -0.150. The van der Waals surface area contributed by atoms with Crippen LogP contribution in [0.5, 0.6) is 0 Å². The van der Waals surface area contributed by atoms with E-state index in [4.69, 9.17) is 0 Å². The first kappa shape index (κ1) is 16.1. The van der Waals surface area contributed by atoms with E-state index in [1.165, 1.54) is 32.1 Å². The number of carbonyl (C=O) groups is 1. The van der Waals surface area contributed by atoms with Gasteiger partial charge in [-0.05, 0) is 78.9 Å². The number of Topliss-reactive ketones (excluding diaryl/α,β-unsaturated/α-hetero) is 1. The monoisotopic (exact) mass is 318 g/mol. The lowest BCUT2D eigenvalue weighted by Crippen LogP contribution is -2.58. The maximum Gasteiger partial charge on any atom is 0.133 e. The summed E-state index contributed by atoms with van der Waals surface area (Å²) in [6.07, 6.45) is 9.93. The van der Waals surface area contributed by atoms with Crippen LogP contribution in [-0.2, 0) is 4.79 Å². The van der Waals surface area contributed by atoms with E-state index < -0.39 is 0 Å².